The second kappa shape index (κ2) is 10.1. The quantitative estimate of drug-likeness (QED) is 0.637. The number of aryl methyl sites for hydroxylation is 1. The maximum Gasteiger partial charge on any atom is 0.274 e. The molecule has 3 aliphatic heterocycles. The van der Waals surface area contributed by atoms with Crippen molar-refractivity contribution in [2.45, 2.75) is 38.6 Å². The van der Waals surface area contributed by atoms with E-state index in [4.69, 9.17) is 0 Å². The van der Waals surface area contributed by atoms with E-state index in [-0.39, 0.29) is 30.6 Å². The summed E-state index contributed by atoms with van der Waals surface area (Å²) in [5, 5.41) is 4.51. The van der Waals surface area contributed by atoms with Crippen LogP contribution < -0.4 is 4.90 Å². The number of piperazine rings is 1. The maximum atomic E-state index is 13.0. The second-order valence-electron chi connectivity index (χ2n) is 9.52. The van der Waals surface area contributed by atoms with Crippen LogP contribution in [0.3, 0.4) is 0 Å². The zero-order chi connectivity index (χ0) is 24.4. The molecule has 35 heavy (non-hydrogen) atoms. The van der Waals surface area contributed by atoms with E-state index in [1.165, 1.54) is 0 Å². The Morgan fingerprint density at radius 1 is 0.857 bits per heavy atom. The third-order valence-electron chi connectivity index (χ3n) is 7.35. The Labute approximate surface area is 205 Å². The van der Waals surface area contributed by atoms with E-state index in [1.807, 2.05) is 35.0 Å². The molecule has 0 saturated carbocycles. The van der Waals surface area contributed by atoms with E-state index >= 15 is 0 Å². The standard InChI is InChI=1S/C25H33N7O3/c1-28-20-9-13-32(18-19(20)24(27-28)25(35)31-11-4-5-12-31)23(34)8-7-22(33)30-16-14-29(15-17-30)21-6-2-3-10-26-21/h2-3,6,10H,4-5,7-9,11-18H2,1H3. The monoisotopic (exact) mass is 479 g/mol. The Hall–Kier alpha value is -3.43. The number of nitrogens with zero attached hydrogens (tertiary/aromatic N) is 7. The van der Waals surface area contributed by atoms with Gasteiger partial charge in [-0.3, -0.25) is 19.1 Å². The van der Waals surface area contributed by atoms with Crippen molar-refractivity contribution >= 4 is 23.5 Å². The lowest BCUT2D eigenvalue weighted by Gasteiger charge is -2.35. The van der Waals surface area contributed by atoms with Gasteiger partial charge in [0.05, 0.1) is 0 Å². The number of fused-ring (bicyclic) bond motifs is 1. The summed E-state index contributed by atoms with van der Waals surface area (Å²) in [6, 6.07) is 5.84. The van der Waals surface area contributed by atoms with E-state index in [0.29, 0.717) is 38.3 Å². The molecule has 10 heteroatoms. The fraction of sp³-hybridized carbons (Fsp3) is 0.560. The summed E-state index contributed by atoms with van der Waals surface area (Å²) < 4.78 is 1.79. The summed E-state index contributed by atoms with van der Waals surface area (Å²) in [5.41, 5.74) is 2.36. The van der Waals surface area contributed by atoms with Crippen LogP contribution in [0.5, 0.6) is 0 Å². The van der Waals surface area contributed by atoms with Gasteiger partial charge in [-0.2, -0.15) is 5.10 Å². The summed E-state index contributed by atoms with van der Waals surface area (Å²) in [6.07, 6.45) is 4.89. The fourth-order valence-electron chi connectivity index (χ4n) is 5.30. The molecule has 0 aromatic carbocycles. The van der Waals surface area contributed by atoms with Crippen molar-refractivity contribution in [3.8, 4) is 0 Å². The van der Waals surface area contributed by atoms with Crippen LogP contribution in [0.25, 0.3) is 0 Å². The lowest BCUT2D eigenvalue weighted by molar-refractivity contribution is -0.137. The van der Waals surface area contributed by atoms with Crippen molar-refractivity contribution in [3.05, 3.63) is 41.3 Å². The zero-order valence-electron chi connectivity index (χ0n) is 20.4. The molecule has 2 aromatic rings. The molecule has 5 heterocycles. The molecule has 2 fully saturated rings. The average molecular weight is 480 g/mol. The molecule has 0 spiro atoms. The summed E-state index contributed by atoms with van der Waals surface area (Å²) in [5.74, 6) is 0.869. The minimum atomic E-state index is -0.0421. The largest absolute Gasteiger partial charge is 0.353 e. The number of hydrogen-bond acceptors (Lipinski definition) is 6. The Morgan fingerprint density at radius 2 is 1.57 bits per heavy atom. The van der Waals surface area contributed by atoms with Gasteiger partial charge in [0, 0.05) is 96.1 Å². The van der Waals surface area contributed by atoms with Gasteiger partial charge in [0.2, 0.25) is 11.8 Å². The zero-order valence-corrected chi connectivity index (χ0v) is 20.4. The van der Waals surface area contributed by atoms with E-state index < -0.39 is 0 Å². The fourth-order valence-corrected chi connectivity index (χ4v) is 5.30. The maximum absolute atomic E-state index is 13.0. The summed E-state index contributed by atoms with van der Waals surface area (Å²) in [4.78, 5) is 50.8. The van der Waals surface area contributed by atoms with Crippen molar-refractivity contribution in [2.75, 3.05) is 50.7 Å². The minimum Gasteiger partial charge on any atom is -0.353 e. The molecule has 0 bridgehead atoms. The number of hydrogen-bond donors (Lipinski definition) is 0. The first-order valence-electron chi connectivity index (χ1n) is 12.6. The summed E-state index contributed by atoms with van der Waals surface area (Å²) in [7, 11) is 1.86. The molecule has 3 amide bonds. The first-order valence-corrected chi connectivity index (χ1v) is 12.6. The van der Waals surface area contributed by atoms with E-state index in [0.717, 1.165) is 56.1 Å². The topological polar surface area (TPSA) is 94.9 Å². The Bertz CT molecular complexity index is 1090. The lowest BCUT2D eigenvalue weighted by atomic mass is 10.0. The number of amides is 3. The number of rotatable bonds is 5. The smallest absolute Gasteiger partial charge is 0.274 e. The predicted molar refractivity (Wildman–Crippen MR) is 130 cm³/mol. The normalized spacial score (nSPS) is 18.1. The molecule has 0 aliphatic carbocycles. The number of pyridine rings is 1. The number of likely N-dealkylation sites (tertiary alicyclic amines) is 1. The van der Waals surface area contributed by atoms with Gasteiger partial charge in [-0.15, -0.1) is 0 Å². The molecule has 0 atom stereocenters. The highest BCUT2D eigenvalue weighted by Gasteiger charge is 2.32. The van der Waals surface area contributed by atoms with Crippen LogP contribution in [0.2, 0.25) is 0 Å². The Morgan fingerprint density at radius 3 is 2.26 bits per heavy atom. The Balaban J connectivity index is 1.14. The molecular weight excluding hydrogens is 446 g/mol. The van der Waals surface area contributed by atoms with Gasteiger partial charge >= 0.3 is 0 Å². The molecule has 10 nitrogen and oxygen atoms in total. The minimum absolute atomic E-state index is 0.0167. The van der Waals surface area contributed by atoms with Gasteiger partial charge in [0.25, 0.3) is 5.91 Å². The molecular formula is C25H33N7O3. The highest BCUT2D eigenvalue weighted by molar-refractivity contribution is 5.94. The van der Waals surface area contributed by atoms with E-state index in [1.54, 1.807) is 15.8 Å². The highest BCUT2D eigenvalue weighted by Crippen LogP contribution is 2.25. The van der Waals surface area contributed by atoms with Crippen LogP contribution in [0.1, 0.15) is 47.4 Å². The highest BCUT2D eigenvalue weighted by atomic mass is 16.2. The molecule has 3 aliphatic rings. The Kier molecular flexibility index (Phi) is 6.70. The van der Waals surface area contributed by atoms with Gasteiger partial charge in [0.1, 0.15) is 5.82 Å². The van der Waals surface area contributed by atoms with Crippen molar-refractivity contribution in [2.24, 2.45) is 7.05 Å². The lowest BCUT2D eigenvalue weighted by Crippen LogP contribution is -2.49. The molecule has 0 unspecified atom stereocenters. The molecule has 2 aromatic heterocycles. The van der Waals surface area contributed by atoms with Gasteiger partial charge in [-0.05, 0) is 25.0 Å². The number of aromatic nitrogens is 3. The predicted octanol–water partition coefficient (Wildman–Crippen LogP) is 1.06. The molecule has 2 saturated heterocycles. The number of anilines is 1. The van der Waals surface area contributed by atoms with Crippen LogP contribution in [-0.4, -0.2) is 93.0 Å². The van der Waals surface area contributed by atoms with Gasteiger partial charge in [0.15, 0.2) is 5.69 Å². The molecule has 186 valence electrons. The summed E-state index contributed by atoms with van der Waals surface area (Å²) >= 11 is 0. The van der Waals surface area contributed by atoms with Crippen molar-refractivity contribution in [1.82, 2.24) is 29.5 Å². The van der Waals surface area contributed by atoms with Crippen LogP contribution in [0.4, 0.5) is 5.82 Å². The van der Waals surface area contributed by atoms with Crippen LogP contribution >= 0.6 is 0 Å². The van der Waals surface area contributed by atoms with E-state index in [2.05, 4.69) is 15.0 Å². The third kappa shape index (κ3) is 4.87. The van der Waals surface area contributed by atoms with Gasteiger partial charge in [-0.1, -0.05) is 6.07 Å². The first kappa shape index (κ1) is 23.3. The SMILES string of the molecule is Cn1nc(C(=O)N2CCCC2)c2c1CCN(C(=O)CCC(=O)N1CCN(c3ccccn3)CC1)C2. The average Bonchev–Trinajstić information content (AvgIpc) is 3.56. The number of carbonyl (C=O) groups excluding carboxylic acids is 3. The molecule has 5 rings (SSSR count). The van der Waals surface area contributed by atoms with Crippen LogP contribution in [0, 0.1) is 0 Å². The third-order valence-corrected chi connectivity index (χ3v) is 7.35. The van der Waals surface area contributed by atoms with E-state index in [9.17, 15) is 14.4 Å². The summed E-state index contributed by atoms with van der Waals surface area (Å²) in [6.45, 7) is 5.24. The van der Waals surface area contributed by atoms with Crippen LogP contribution in [-0.2, 0) is 29.6 Å². The van der Waals surface area contributed by atoms with Crippen molar-refractivity contribution < 1.29 is 14.4 Å². The second-order valence-corrected chi connectivity index (χ2v) is 9.52. The molecule has 0 N–H and O–H groups in total. The van der Waals surface area contributed by atoms with Crippen LogP contribution in [0.15, 0.2) is 24.4 Å². The van der Waals surface area contributed by atoms with Gasteiger partial charge < -0.3 is 19.6 Å². The van der Waals surface area contributed by atoms with Crippen molar-refractivity contribution in [1.29, 1.82) is 0 Å². The van der Waals surface area contributed by atoms with Gasteiger partial charge in [-0.25, -0.2) is 4.98 Å². The molecule has 0 radical (unpaired) electrons. The first-order chi connectivity index (χ1) is 17.0. The number of carbonyl (C=O) groups is 3. The van der Waals surface area contributed by atoms with Crippen molar-refractivity contribution in [3.63, 3.8) is 0 Å².